The molecule has 5 heteroatoms. The first kappa shape index (κ1) is 15.5. The second-order valence-corrected chi connectivity index (χ2v) is 5.48. The van der Waals surface area contributed by atoms with Crippen molar-refractivity contribution in [3.8, 4) is 0 Å². The summed E-state index contributed by atoms with van der Waals surface area (Å²) in [5.74, 6) is -0.806. The predicted octanol–water partition coefficient (Wildman–Crippen LogP) is 2.94. The van der Waals surface area contributed by atoms with E-state index in [1.807, 2.05) is 30.3 Å². The topological polar surface area (TPSA) is 55.4 Å². The number of esters is 1. The summed E-state index contributed by atoms with van der Waals surface area (Å²) in [7, 11) is 1.30. The molecule has 0 saturated heterocycles. The fourth-order valence-corrected chi connectivity index (χ4v) is 2.53. The molecule has 0 saturated carbocycles. The van der Waals surface area contributed by atoms with Crippen molar-refractivity contribution in [1.82, 2.24) is 5.32 Å². The van der Waals surface area contributed by atoms with E-state index >= 15 is 0 Å². The summed E-state index contributed by atoms with van der Waals surface area (Å²) in [6.07, 6.45) is 0. The van der Waals surface area contributed by atoms with Crippen LogP contribution in [0, 0.1) is 3.57 Å². The highest BCUT2D eigenvalue weighted by Crippen LogP contribution is 2.17. The Bertz CT molecular complexity index is 643. The number of carbonyl (C=O) groups is 2. The van der Waals surface area contributed by atoms with E-state index in [0.29, 0.717) is 11.1 Å². The lowest BCUT2D eigenvalue weighted by atomic mass is 10.1. The van der Waals surface area contributed by atoms with Gasteiger partial charge in [0.15, 0.2) is 6.04 Å². The van der Waals surface area contributed by atoms with Gasteiger partial charge < -0.3 is 10.1 Å². The molecule has 21 heavy (non-hydrogen) atoms. The van der Waals surface area contributed by atoms with E-state index in [4.69, 9.17) is 4.74 Å². The van der Waals surface area contributed by atoms with Gasteiger partial charge in [-0.1, -0.05) is 42.5 Å². The van der Waals surface area contributed by atoms with Crippen LogP contribution >= 0.6 is 22.6 Å². The number of ether oxygens (including phenoxy) is 1. The molecule has 0 radical (unpaired) electrons. The smallest absolute Gasteiger partial charge is 0.333 e. The molecule has 0 aliphatic heterocycles. The number of nitrogens with one attached hydrogen (secondary N) is 1. The van der Waals surface area contributed by atoms with Crippen LogP contribution in [0.1, 0.15) is 22.0 Å². The first-order valence-corrected chi connectivity index (χ1v) is 7.39. The van der Waals surface area contributed by atoms with Crippen molar-refractivity contribution in [2.75, 3.05) is 7.11 Å². The number of hydrogen-bond acceptors (Lipinski definition) is 3. The molecule has 0 spiro atoms. The highest BCUT2D eigenvalue weighted by Gasteiger charge is 2.24. The van der Waals surface area contributed by atoms with Crippen molar-refractivity contribution in [2.24, 2.45) is 0 Å². The van der Waals surface area contributed by atoms with E-state index in [1.165, 1.54) is 7.11 Å². The Morgan fingerprint density at radius 1 is 1.05 bits per heavy atom. The Morgan fingerprint density at radius 2 is 1.67 bits per heavy atom. The maximum Gasteiger partial charge on any atom is 0.333 e. The van der Waals surface area contributed by atoms with Crippen molar-refractivity contribution in [3.63, 3.8) is 0 Å². The zero-order valence-corrected chi connectivity index (χ0v) is 13.5. The Labute approximate surface area is 136 Å². The van der Waals surface area contributed by atoms with Gasteiger partial charge in [0.05, 0.1) is 12.7 Å². The fraction of sp³-hybridized carbons (Fsp3) is 0.125. The Balaban J connectivity index is 2.26. The maximum absolute atomic E-state index is 12.3. The van der Waals surface area contributed by atoms with Gasteiger partial charge in [-0.2, -0.15) is 0 Å². The summed E-state index contributed by atoms with van der Waals surface area (Å²) in [5.41, 5.74) is 1.21. The van der Waals surface area contributed by atoms with Gasteiger partial charge in [-0.3, -0.25) is 4.79 Å². The van der Waals surface area contributed by atoms with Crippen LogP contribution in [-0.2, 0) is 9.53 Å². The molecule has 0 aliphatic carbocycles. The lowest BCUT2D eigenvalue weighted by molar-refractivity contribution is -0.143. The predicted molar refractivity (Wildman–Crippen MR) is 87.8 cm³/mol. The molecular formula is C16H14INO3. The number of methoxy groups -OCH3 is 1. The van der Waals surface area contributed by atoms with E-state index < -0.39 is 12.0 Å². The van der Waals surface area contributed by atoms with Crippen LogP contribution in [0.2, 0.25) is 0 Å². The molecule has 0 fully saturated rings. The molecule has 0 bridgehead atoms. The van der Waals surface area contributed by atoms with E-state index in [-0.39, 0.29) is 5.91 Å². The fourth-order valence-electron chi connectivity index (χ4n) is 1.90. The van der Waals surface area contributed by atoms with Gasteiger partial charge in [-0.25, -0.2) is 4.79 Å². The molecule has 2 aromatic rings. The second kappa shape index (κ2) is 7.21. The summed E-state index contributed by atoms with van der Waals surface area (Å²) in [6.45, 7) is 0. The van der Waals surface area contributed by atoms with Gasteiger partial charge in [-0.15, -0.1) is 0 Å². The van der Waals surface area contributed by atoms with Gasteiger partial charge >= 0.3 is 5.97 Å². The minimum Gasteiger partial charge on any atom is -0.467 e. The van der Waals surface area contributed by atoms with E-state index in [2.05, 4.69) is 27.9 Å². The van der Waals surface area contributed by atoms with E-state index in [9.17, 15) is 9.59 Å². The van der Waals surface area contributed by atoms with Crippen molar-refractivity contribution in [1.29, 1.82) is 0 Å². The standard InChI is InChI=1S/C16H14INO3/c1-21-16(20)14(11-7-3-2-4-8-11)18-15(19)12-9-5-6-10-13(12)17/h2-10,14H,1H3,(H,18,19). The molecule has 0 heterocycles. The molecular weight excluding hydrogens is 381 g/mol. The Morgan fingerprint density at radius 3 is 2.29 bits per heavy atom. The largest absolute Gasteiger partial charge is 0.467 e. The highest BCUT2D eigenvalue weighted by molar-refractivity contribution is 14.1. The van der Waals surface area contributed by atoms with Crippen LogP contribution in [0.3, 0.4) is 0 Å². The molecule has 2 aromatic carbocycles. The SMILES string of the molecule is COC(=O)C(NC(=O)c1ccccc1I)c1ccccc1. The highest BCUT2D eigenvalue weighted by atomic mass is 127. The summed E-state index contributed by atoms with van der Waals surface area (Å²) >= 11 is 2.09. The molecule has 0 aromatic heterocycles. The van der Waals surface area contributed by atoms with Crippen LogP contribution in [0.5, 0.6) is 0 Å². The second-order valence-electron chi connectivity index (χ2n) is 4.32. The molecule has 1 N–H and O–H groups in total. The van der Waals surface area contributed by atoms with Gasteiger partial charge in [0.2, 0.25) is 0 Å². The lowest BCUT2D eigenvalue weighted by Crippen LogP contribution is -2.34. The monoisotopic (exact) mass is 395 g/mol. The number of hydrogen-bond donors (Lipinski definition) is 1. The van der Waals surface area contributed by atoms with Crippen molar-refractivity contribution in [3.05, 3.63) is 69.3 Å². The first-order valence-electron chi connectivity index (χ1n) is 6.31. The molecule has 1 amide bonds. The lowest BCUT2D eigenvalue weighted by Gasteiger charge is -2.17. The van der Waals surface area contributed by atoms with Crippen LogP contribution in [0.4, 0.5) is 0 Å². The van der Waals surface area contributed by atoms with E-state index in [1.54, 1.807) is 24.3 Å². The minimum absolute atomic E-state index is 0.306. The third kappa shape index (κ3) is 3.81. The van der Waals surface area contributed by atoms with Crippen molar-refractivity contribution >= 4 is 34.5 Å². The van der Waals surface area contributed by atoms with Gasteiger partial charge in [0, 0.05) is 3.57 Å². The summed E-state index contributed by atoms with van der Waals surface area (Å²) in [6, 6.07) is 15.4. The number of halogens is 1. The average molecular weight is 395 g/mol. The van der Waals surface area contributed by atoms with Gasteiger partial charge in [0.25, 0.3) is 5.91 Å². The minimum atomic E-state index is -0.820. The molecule has 4 nitrogen and oxygen atoms in total. The molecule has 1 unspecified atom stereocenters. The van der Waals surface area contributed by atoms with Crippen molar-refractivity contribution < 1.29 is 14.3 Å². The number of benzene rings is 2. The third-order valence-electron chi connectivity index (χ3n) is 2.96. The molecule has 2 rings (SSSR count). The number of amides is 1. The Kier molecular flexibility index (Phi) is 5.32. The average Bonchev–Trinajstić information content (AvgIpc) is 2.53. The summed E-state index contributed by atoms with van der Waals surface area (Å²) in [5, 5.41) is 2.72. The van der Waals surface area contributed by atoms with Crippen LogP contribution in [0.25, 0.3) is 0 Å². The zero-order valence-electron chi connectivity index (χ0n) is 11.4. The van der Waals surface area contributed by atoms with Gasteiger partial charge in [-0.05, 0) is 40.3 Å². The maximum atomic E-state index is 12.3. The normalized spacial score (nSPS) is 11.5. The third-order valence-corrected chi connectivity index (χ3v) is 3.90. The van der Waals surface area contributed by atoms with Gasteiger partial charge in [0.1, 0.15) is 0 Å². The quantitative estimate of drug-likeness (QED) is 0.640. The summed E-state index contributed by atoms with van der Waals surface area (Å²) in [4.78, 5) is 24.3. The van der Waals surface area contributed by atoms with Crippen LogP contribution < -0.4 is 5.32 Å². The molecule has 1 atom stereocenters. The molecule has 108 valence electrons. The first-order chi connectivity index (χ1) is 10.1. The van der Waals surface area contributed by atoms with Crippen LogP contribution in [-0.4, -0.2) is 19.0 Å². The number of rotatable bonds is 4. The Hall–Kier alpha value is -1.89. The molecule has 0 aliphatic rings. The van der Waals surface area contributed by atoms with E-state index in [0.717, 1.165) is 3.57 Å². The summed E-state index contributed by atoms with van der Waals surface area (Å²) < 4.78 is 5.60. The van der Waals surface area contributed by atoms with Crippen LogP contribution in [0.15, 0.2) is 54.6 Å². The zero-order chi connectivity index (χ0) is 15.2. The number of carbonyl (C=O) groups excluding carboxylic acids is 2. The van der Waals surface area contributed by atoms with Crippen molar-refractivity contribution in [2.45, 2.75) is 6.04 Å².